The average Bonchev–Trinajstić information content (AvgIpc) is 2.36. The molecule has 0 unspecified atom stereocenters. The molecule has 0 aliphatic carbocycles. The Hall–Kier alpha value is -1.17. The number of benzene rings is 2. The van der Waals surface area contributed by atoms with Crippen LogP contribution in [0.2, 0.25) is 10.0 Å². The number of anilines is 4. The number of hydrogen-bond donors (Lipinski definition) is 3. The van der Waals surface area contributed by atoms with E-state index in [1.165, 1.54) is 6.07 Å². The third-order valence-electron chi connectivity index (χ3n) is 2.45. The molecule has 0 saturated carbocycles. The minimum atomic E-state index is -0.703. The zero-order valence-electron chi connectivity index (χ0n) is 9.48. The SMILES string of the molecule is Nc1cc(N)c(Nc2cc(Cl)ccc2Br)c(F)c1Cl. The largest absolute Gasteiger partial charge is 0.397 e. The zero-order chi connectivity index (χ0) is 14.2. The van der Waals surface area contributed by atoms with Gasteiger partial charge in [0, 0.05) is 9.50 Å². The van der Waals surface area contributed by atoms with Crippen molar-refractivity contribution in [2.24, 2.45) is 0 Å². The predicted molar refractivity (Wildman–Crippen MR) is 82.7 cm³/mol. The number of halogens is 4. The lowest BCUT2D eigenvalue weighted by Crippen LogP contribution is -2.03. The van der Waals surface area contributed by atoms with Crippen molar-refractivity contribution < 1.29 is 4.39 Å². The Labute approximate surface area is 127 Å². The first-order chi connectivity index (χ1) is 8.90. The van der Waals surface area contributed by atoms with E-state index in [1.807, 2.05) is 0 Å². The van der Waals surface area contributed by atoms with Crippen LogP contribution in [0.3, 0.4) is 0 Å². The molecule has 0 saturated heterocycles. The molecule has 100 valence electrons. The third-order valence-corrected chi connectivity index (χ3v) is 3.76. The standard InChI is InChI=1S/C12H9BrCl2FN3/c13-6-2-1-5(14)3-9(6)19-12-8(18)4-7(17)10(15)11(12)16/h1-4,19H,17-18H2. The molecule has 2 aromatic carbocycles. The van der Waals surface area contributed by atoms with Crippen LogP contribution in [-0.4, -0.2) is 0 Å². The van der Waals surface area contributed by atoms with Crippen molar-refractivity contribution in [3.05, 3.63) is 44.6 Å². The smallest absolute Gasteiger partial charge is 0.169 e. The second kappa shape index (κ2) is 5.45. The maximum atomic E-state index is 14.0. The van der Waals surface area contributed by atoms with Crippen molar-refractivity contribution in [1.82, 2.24) is 0 Å². The molecule has 0 atom stereocenters. The Kier molecular flexibility index (Phi) is 4.08. The summed E-state index contributed by atoms with van der Waals surface area (Å²) in [4.78, 5) is 0. The first kappa shape index (κ1) is 14.2. The Morgan fingerprint density at radius 2 is 1.79 bits per heavy atom. The fourth-order valence-electron chi connectivity index (χ4n) is 1.52. The van der Waals surface area contributed by atoms with Crippen LogP contribution in [0.25, 0.3) is 0 Å². The van der Waals surface area contributed by atoms with Crippen molar-refractivity contribution in [3.8, 4) is 0 Å². The minimum absolute atomic E-state index is 0.0576. The number of nitrogens with one attached hydrogen (secondary N) is 1. The van der Waals surface area contributed by atoms with E-state index >= 15 is 0 Å². The van der Waals surface area contributed by atoms with Crippen LogP contribution in [0, 0.1) is 5.82 Å². The van der Waals surface area contributed by atoms with Gasteiger partial charge in [-0.2, -0.15) is 0 Å². The second-order valence-electron chi connectivity index (χ2n) is 3.81. The van der Waals surface area contributed by atoms with Crippen molar-refractivity contribution in [2.75, 3.05) is 16.8 Å². The van der Waals surface area contributed by atoms with Crippen LogP contribution in [0.1, 0.15) is 0 Å². The van der Waals surface area contributed by atoms with E-state index in [2.05, 4.69) is 21.2 Å². The number of nitrogen functional groups attached to an aromatic ring is 2. The van der Waals surface area contributed by atoms with Gasteiger partial charge in [-0.05, 0) is 40.2 Å². The zero-order valence-corrected chi connectivity index (χ0v) is 12.6. The molecular weight excluding hydrogens is 356 g/mol. The van der Waals surface area contributed by atoms with Gasteiger partial charge in [-0.25, -0.2) is 4.39 Å². The molecule has 7 heteroatoms. The van der Waals surface area contributed by atoms with Crippen LogP contribution >= 0.6 is 39.1 Å². The Morgan fingerprint density at radius 3 is 2.47 bits per heavy atom. The van der Waals surface area contributed by atoms with E-state index in [9.17, 15) is 4.39 Å². The Balaban J connectivity index is 2.49. The van der Waals surface area contributed by atoms with Gasteiger partial charge in [0.25, 0.3) is 0 Å². The van der Waals surface area contributed by atoms with Gasteiger partial charge in [0.15, 0.2) is 5.82 Å². The summed E-state index contributed by atoms with van der Waals surface area (Å²) >= 11 is 15.0. The third kappa shape index (κ3) is 2.88. The Morgan fingerprint density at radius 1 is 1.11 bits per heavy atom. The van der Waals surface area contributed by atoms with Crippen molar-refractivity contribution in [2.45, 2.75) is 0 Å². The first-order valence-electron chi connectivity index (χ1n) is 5.15. The van der Waals surface area contributed by atoms with Crippen molar-refractivity contribution >= 4 is 61.9 Å². The van der Waals surface area contributed by atoms with Crippen LogP contribution in [0.15, 0.2) is 28.7 Å². The topological polar surface area (TPSA) is 64.1 Å². The van der Waals surface area contributed by atoms with Gasteiger partial charge in [-0.15, -0.1) is 0 Å². The lowest BCUT2D eigenvalue weighted by atomic mass is 10.2. The summed E-state index contributed by atoms with van der Waals surface area (Å²) in [5, 5.41) is 3.18. The molecule has 0 aliphatic heterocycles. The minimum Gasteiger partial charge on any atom is -0.397 e. The van der Waals surface area contributed by atoms with Gasteiger partial charge < -0.3 is 16.8 Å². The molecule has 0 spiro atoms. The highest BCUT2D eigenvalue weighted by Gasteiger charge is 2.15. The molecule has 5 N–H and O–H groups in total. The van der Waals surface area contributed by atoms with E-state index in [1.54, 1.807) is 18.2 Å². The summed E-state index contributed by atoms with van der Waals surface area (Å²) in [7, 11) is 0. The second-order valence-corrected chi connectivity index (χ2v) is 5.48. The summed E-state index contributed by atoms with van der Waals surface area (Å²) in [6, 6.07) is 6.46. The highest BCUT2D eigenvalue weighted by molar-refractivity contribution is 9.10. The fraction of sp³-hybridized carbons (Fsp3) is 0. The van der Waals surface area contributed by atoms with Gasteiger partial charge in [-0.3, -0.25) is 0 Å². The molecule has 3 nitrogen and oxygen atoms in total. The quantitative estimate of drug-likeness (QED) is 0.670. The molecule has 2 aromatic rings. The lowest BCUT2D eigenvalue weighted by molar-refractivity contribution is 0.633. The summed E-state index contributed by atoms with van der Waals surface area (Å²) in [5.74, 6) is -0.703. The molecule has 19 heavy (non-hydrogen) atoms. The number of rotatable bonds is 2. The maximum absolute atomic E-state index is 14.0. The summed E-state index contributed by atoms with van der Waals surface area (Å²) in [6.45, 7) is 0. The van der Waals surface area contributed by atoms with Crippen LogP contribution in [-0.2, 0) is 0 Å². The number of nitrogens with two attached hydrogens (primary N) is 2. The monoisotopic (exact) mass is 363 g/mol. The van der Waals surface area contributed by atoms with Crippen LogP contribution in [0.4, 0.5) is 27.1 Å². The summed E-state index contributed by atoms with van der Waals surface area (Å²) in [5.41, 5.74) is 12.1. The van der Waals surface area contributed by atoms with Gasteiger partial charge >= 0.3 is 0 Å². The van der Waals surface area contributed by atoms with E-state index in [4.69, 9.17) is 34.7 Å². The lowest BCUT2D eigenvalue weighted by Gasteiger charge is -2.14. The number of hydrogen-bond acceptors (Lipinski definition) is 3. The predicted octanol–water partition coefficient (Wildman–Crippen LogP) is 4.80. The van der Waals surface area contributed by atoms with Gasteiger partial charge in [0.05, 0.1) is 22.7 Å². The maximum Gasteiger partial charge on any atom is 0.169 e. The molecule has 0 fully saturated rings. The molecular formula is C12H9BrCl2FN3. The van der Waals surface area contributed by atoms with Gasteiger partial charge in [0.2, 0.25) is 0 Å². The van der Waals surface area contributed by atoms with E-state index in [0.29, 0.717) is 15.2 Å². The van der Waals surface area contributed by atoms with Gasteiger partial charge in [0.1, 0.15) is 5.02 Å². The Bertz CT molecular complexity index is 649. The van der Waals surface area contributed by atoms with E-state index in [-0.39, 0.29) is 22.1 Å². The average molecular weight is 365 g/mol. The van der Waals surface area contributed by atoms with E-state index in [0.717, 1.165) is 0 Å². The molecule has 0 aliphatic rings. The molecule has 0 aromatic heterocycles. The summed E-state index contributed by atoms with van der Waals surface area (Å²) in [6.07, 6.45) is 0. The van der Waals surface area contributed by atoms with Crippen molar-refractivity contribution in [3.63, 3.8) is 0 Å². The van der Waals surface area contributed by atoms with Crippen LogP contribution < -0.4 is 16.8 Å². The highest BCUT2D eigenvalue weighted by atomic mass is 79.9. The molecule has 0 radical (unpaired) electrons. The fourth-order valence-corrected chi connectivity index (χ4v) is 2.19. The highest BCUT2D eigenvalue weighted by Crippen LogP contribution is 2.37. The molecule has 0 heterocycles. The summed E-state index contributed by atoms with van der Waals surface area (Å²) < 4.78 is 14.8. The first-order valence-corrected chi connectivity index (χ1v) is 6.70. The van der Waals surface area contributed by atoms with Crippen molar-refractivity contribution in [1.29, 1.82) is 0 Å². The molecule has 0 bridgehead atoms. The van der Waals surface area contributed by atoms with Crippen LogP contribution in [0.5, 0.6) is 0 Å². The van der Waals surface area contributed by atoms with Gasteiger partial charge in [-0.1, -0.05) is 23.2 Å². The molecule has 2 rings (SSSR count). The normalized spacial score (nSPS) is 10.5. The van der Waals surface area contributed by atoms with E-state index < -0.39 is 5.82 Å². The molecule has 0 amide bonds.